The van der Waals surface area contributed by atoms with Crippen LogP contribution in [0.3, 0.4) is 0 Å². The Morgan fingerprint density at radius 1 is 1.28 bits per heavy atom. The number of nitrogens with zero attached hydrogens (tertiary/aromatic N) is 2. The largest absolute Gasteiger partial charge is 0.373 e. The molecular weight excluding hydrogens is 250 g/mol. The molecule has 0 amide bonds. The third-order valence-corrected chi connectivity index (χ3v) is 2.80. The highest BCUT2D eigenvalue weighted by atomic mass is 35.5. The second-order valence-electron chi connectivity index (χ2n) is 3.75. The Bertz CT molecular complexity index is 570. The molecule has 5 nitrogen and oxygen atoms in total. The van der Waals surface area contributed by atoms with Crippen molar-refractivity contribution in [1.29, 1.82) is 0 Å². The predicted molar refractivity (Wildman–Crippen MR) is 74.3 cm³/mol. The van der Waals surface area contributed by atoms with Crippen LogP contribution in [-0.4, -0.2) is 17.0 Å². The van der Waals surface area contributed by atoms with Gasteiger partial charge in [-0.1, -0.05) is 17.7 Å². The SMILES string of the molecule is CNc1cc(-c2cc(Cl)ccc2CN)nc(N)n1. The van der Waals surface area contributed by atoms with E-state index in [2.05, 4.69) is 15.3 Å². The Balaban J connectivity index is 2.60. The lowest BCUT2D eigenvalue weighted by molar-refractivity contribution is 1.07. The van der Waals surface area contributed by atoms with E-state index in [-0.39, 0.29) is 5.95 Å². The summed E-state index contributed by atoms with van der Waals surface area (Å²) in [4.78, 5) is 8.26. The van der Waals surface area contributed by atoms with Crippen LogP contribution in [0.25, 0.3) is 11.3 Å². The van der Waals surface area contributed by atoms with Crippen LogP contribution in [0.5, 0.6) is 0 Å². The average molecular weight is 264 g/mol. The summed E-state index contributed by atoms with van der Waals surface area (Å²) in [6.45, 7) is 0.408. The van der Waals surface area contributed by atoms with Crippen molar-refractivity contribution in [1.82, 2.24) is 9.97 Å². The number of halogens is 1. The maximum absolute atomic E-state index is 6.01. The Kier molecular flexibility index (Phi) is 3.64. The van der Waals surface area contributed by atoms with Crippen LogP contribution in [0, 0.1) is 0 Å². The quantitative estimate of drug-likeness (QED) is 0.787. The van der Waals surface area contributed by atoms with E-state index >= 15 is 0 Å². The molecule has 2 aromatic rings. The molecule has 6 heteroatoms. The molecule has 1 heterocycles. The van der Waals surface area contributed by atoms with Gasteiger partial charge >= 0.3 is 0 Å². The molecular formula is C12H14ClN5. The summed E-state index contributed by atoms with van der Waals surface area (Å²) in [6, 6.07) is 7.32. The molecule has 0 aliphatic heterocycles. The number of benzene rings is 1. The minimum Gasteiger partial charge on any atom is -0.373 e. The number of nitrogens with two attached hydrogens (primary N) is 2. The second kappa shape index (κ2) is 5.20. The smallest absolute Gasteiger partial charge is 0.222 e. The third-order valence-electron chi connectivity index (χ3n) is 2.57. The van der Waals surface area contributed by atoms with Crippen molar-refractivity contribution in [3.63, 3.8) is 0 Å². The standard InChI is InChI=1S/C12H14ClN5/c1-16-11-5-10(17-12(15)18-11)9-4-8(13)3-2-7(9)6-14/h2-5H,6,14H2,1H3,(H3,15,16,17,18). The first-order valence-corrected chi connectivity index (χ1v) is 5.83. The van der Waals surface area contributed by atoms with Crippen LogP contribution in [0.1, 0.15) is 5.56 Å². The normalized spacial score (nSPS) is 10.4. The molecule has 0 unspecified atom stereocenters. The molecule has 0 fully saturated rings. The number of hydrogen-bond acceptors (Lipinski definition) is 5. The molecule has 0 saturated heterocycles. The van der Waals surface area contributed by atoms with Gasteiger partial charge in [-0.3, -0.25) is 0 Å². The summed E-state index contributed by atoms with van der Waals surface area (Å²) in [5.41, 5.74) is 13.9. The highest BCUT2D eigenvalue weighted by Gasteiger charge is 2.09. The molecule has 5 N–H and O–H groups in total. The van der Waals surface area contributed by atoms with Gasteiger partial charge in [0, 0.05) is 30.2 Å². The lowest BCUT2D eigenvalue weighted by Crippen LogP contribution is -2.04. The van der Waals surface area contributed by atoms with Crippen molar-refractivity contribution in [2.75, 3.05) is 18.1 Å². The summed E-state index contributed by atoms with van der Waals surface area (Å²) in [5.74, 6) is 0.861. The van der Waals surface area contributed by atoms with Crippen molar-refractivity contribution in [2.24, 2.45) is 5.73 Å². The zero-order chi connectivity index (χ0) is 13.1. The molecule has 0 spiro atoms. The lowest BCUT2D eigenvalue weighted by atomic mass is 10.0. The topological polar surface area (TPSA) is 89.8 Å². The van der Waals surface area contributed by atoms with E-state index < -0.39 is 0 Å². The summed E-state index contributed by atoms with van der Waals surface area (Å²) in [6.07, 6.45) is 0. The monoisotopic (exact) mass is 263 g/mol. The first kappa shape index (κ1) is 12.6. The van der Waals surface area contributed by atoms with Gasteiger partial charge in [-0.15, -0.1) is 0 Å². The highest BCUT2D eigenvalue weighted by Crippen LogP contribution is 2.27. The van der Waals surface area contributed by atoms with Crippen LogP contribution in [0.15, 0.2) is 24.3 Å². The Labute approximate surface area is 110 Å². The summed E-state index contributed by atoms with van der Waals surface area (Å²) in [5, 5.41) is 3.56. The van der Waals surface area contributed by atoms with Crippen molar-refractivity contribution in [3.8, 4) is 11.3 Å². The van der Waals surface area contributed by atoms with Gasteiger partial charge < -0.3 is 16.8 Å². The van der Waals surface area contributed by atoms with Crippen molar-refractivity contribution in [2.45, 2.75) is 6.54 Å². The molecule has 0 aliphatic carbocycles. The average Bonchev–Trinajstić information content (AvgIpc) is 2.38. The molecule has 0 radical (unpaired) electrons. The fourth-order valence-electron chi connectivity index (χ4n) is 1.70. The molecule has 2 rings (SSSR count). The zero-order valence-electron chi connectivity index (χ0n) is 9.94. The summed E-state index contributed by atoms with van der Waals surface area (Å²) >= 11 is 6.01. The number of hydrogen-bond donors (Lipinski definition) is 3. The van der Waals surface area contributed by atoms with E-state index in [4.69, 9.17) is 23.1 Å². The Morgan fingerprint density at radius 3 is 2.72 bits per heavy atom. The number of rotatable bonds is 3. The van der Waals surface area contributed by atoms with Gasteiger partial charge in [0.2, 0.25) is 5.95 Å². The van der Waals surface area contributed by atoms with E-state index in [1.165, 1.54) is 0 Å². The minimum atomic E-state index is 0.208. The van der Waals surface area contributed by atoms with Crippen LogP contribution in [-0.2, 0) is 6.54 Å². The van der Waals surface area contributed by atoms with Crippen molar-refractivity contribution in [3.05, 3.63) is 34.9 Å². The van der Waals surface area contributed by atoms with Crippen LogP contribution >= 0.6 is 11.6 Å². The number of anilines is 2. The number of nitrogens with one attached hydrogen (secondary N) is 1. The molecule has 94 valence electrons. The lowest BCUT2D eigenvalue weighted by Gasteiger charge is -2.10. The summed E-state index contributed by atoms with van der Waals surface area (Å²) in [7, 11) is 1.77. The molecule has 1 aromatic carbocycles. The highest BCUT2D eigenvalue weighted by molar-refractivity contribution is 6.30. The van der Waals surface area contributed by atoms with Crippen LogP contribution in [0.2, 0.25) is 5.02 Å². The minimum absolute atomic E-state index is 0.208. The maximum atomic E-state index is 6.01. The third kappa shape index (κ3) is 2.52. The van der Waals surface area contributed by atoms with Crippen molar-refractivity contribution >= 4 is 23.4 Å². The van der Waals surface area contributed by atoms with Gasteiger partial charge in [-0.05, 0) is 17.7 Å². The number of aromatic nitrogens is 2. The zero-order valence-corrected chi connectivity index (χ0v) is 10.7. The van der Waals surface area contributed by atoms with E-state index in [1.807, 2.05) is 12.1 Å². The molecule has 0 saturated carbocycles. The summed E-state index contributed by atoms with van der Waals surface area (Å²) < 4.78 is 0. The second-order valence-corrected chi connectivity index (χ2v) is 4.19. The van der Waals surface area contributed by atoms with Crippen LogP contribution in [0.4, 0.5) is 11.8 Å². The van der Waals surface area contributed by atoms with Gasteiger partial charge in [-0.2, -0.15) is 4.98 Å². The fourth-order valence-corrected chi connectivity index (χ4v) is 1.87. The van der Waals surface area contributed by atoms with E-state index in [1.54, 1.807) is 19.2 Å². The van der Waals surface area contributed by atoms with Crippen LogP contribution < -0.4 is 16.8 Å². The van der Waals surface area contributed by atoms with Gasteiger partial charge in [0.1, 0.15) is 5.82 Å². The maximum Gasteiger partial charge on any atom is 0.222 e. The van der Waals surface area contributed by atoms with Gasteiger partial charge in [0.05, 0.1) is 5.69 Å². The van der Waals surface area contributed by atoms with E-state index in [0.29, 0.717) is 23.1 Å². The predicted octanol–water partition coefficient (Wildman–Crippen LogP) is 1.88. The Morgan fingerprint density at radius 2 is 2.06 bits per heavy atom. The fraction of sp³-hybridized carbons (Fsp3) is 0.167. The van der Waals surface area contributed by atoms with Gasteiger partial charge in [-0.25, -0.2) is 4.98 Å². The molecule has 0 atom stereocenters. The molecule has 0 bridgehead atoms. The first-order valence-electron chi connectivity index (χ1n) is 5.45. The van der Waals surface area contributed by atoms with Gasteiger partial charge in [0.25, 0.3) is 0 Å². The van der Waals surface area contributed by atoms with E-state index in [9.17, 15) is 0 Å². The first-order chi connectivity index (χ1) is 8.63. The van der Waals surface area contributed by atoms with E-state index in [0.717, 1.165) is 11.1 Å². The Hall–Kier alpha value is -1.85. The molecule has 18 heavy (non-hydrogen) atoms. The number of nitrogen functional groups attached to an aromatic ring is 1. The molecule has 0 aliphatic rings. The van der Waals surface area contributed by atoms with Crippen molar-refractivity contribution < 1.29 is 0 Å². The van der Waals surface area contributed by atoms with Gasteiger partial charge in [0.15, 0.2) is 0 Å². The molecule has 1 aromatic heterocycles.